The number of amides is 1. The number of hydrogen-bond donors (Lipinski definition) is 1. The largest absolute Gasteiger partial charge is 0.497 e. The van der Waals surface area contributed by atoms with Gasteiger partial charge in [0.2, 0.25) is 5.91 Å². The van der Waals surface area contributed by atoms with Crippen LogP contribution in [-0.4, -0.2) is 19.1 Å². The number of rotatable bonds is 2. The van der Waals surface area contributed by atoms with E-state index in [-0.39, 0.29) is 11.3 Å². The lowest BCUT2D eigenvalue weighted by atomic mass is 9.98. The molecule has 1 amide bonds. The summed E-state index contributed by atoms with van der Waals surface area (Å²) in [5.41, 5.74) is 0.148. The minimum Gasteiger partial charge on any atom is -0.497 e. The van der Waals surface area contributed by atoms with Crippen LogP contribution in [0.15, 0.2) is 11.8 Å². The lowest BCUT2D eigenvalue weighted by Crippen LogP contribution is -2.28. The van der Waals surface area contributed by atoms with E-state index in [2.05, 4.69) is 26.1 Å². The summed E-state index contributed by atoms with van der Waals surface area (Å²) in [5.74, 6) is 0.758. The standard InChI is InChI=1S/C10H17NO2/c1-10(2,3)7-13-8-4-5-11-9(12)6-8/h6H,4-5,7H2,1-3H3,(H,11,12). The van der Waals surface area contributed by atoms with E-state index >= 15 is 0 Å². The van der Waals surface area contributed by atoms with Crippen molar-refractivity contribution in [1.29, 1.82) is 0 Å². The molecule has 0 aromatic carbocycles. The van der Waals surface area contributed by atoms with Crippen molar-refractivity contribution in [1.82, 2.24) is 5.32 Å². The third kappa shape index (κ3) is 3.97. The molecule has 0 unspecified atom stereocenters. The number of carbonyl (C=O) groups is 1. The Labute approximate surface area is 79.2 Å². The molecule has 1 aliphatic rings. The first-order valence-corrected chi connectivity index (χ1v) is 4.58. The lowest BCUT2D eigenvalue weighted by molar-refractivity contribution is -0.117. The number of hydrogen-bond acceptors (Lipinski definition) is 2. The van der Waals surface area contributed by atoms with Crippen LogP contribution in [0.2, 0.25) is 0 Å². The minimum absolute atomic E-state index is 0.0461. The molecule has 74 valence electrons. The maximum absolute atomic E-state index is 10.9. The maximum Gasteiger partial charge on any atom is 0.247 e. The zero-order valence-corrected chi connectivity index (χ0v) is 8.52. The summed E-state index contributed by atoms with van der Waals surface area (Å²) >= 11 is 0. The number of carbonyl (C=O) groups excluding carboxylic acids is 1. The van der Waals surface area contributed by atoms with Crippen LogP contribution >= 0.6 is 0 Å². The second-order valence-corrected chi connectivity index (χ2v) is 4.50. The summed E-state index contributed by atoms with van der Waals surface area (Å²) < 4.78 is 5.52. The lowest BCUT2D eigenvalue weighted by Gasteiger charge is -2.22. The van der Waals surface area contributed by atoms with Gasteiger partial charge in [0, 0.05) is 19.0 Å². The molecule has 13 heavy (non-hydrogen) atoms. The first-order valence-electron chi connectivity index (χ1n) is 4.58. The molecule has 0 aliphatic carbocycles. The molecular weight excluding hydrogens is 166 g/mol. The van der Waals surface area contributed by atoms with Gasteiger partial charge in [-0.1, -0.05) is 20.8 Å². The van der Waals surface area contributed by atoms with Crippen molar-refractivity contribution in [2.24, 2.45) is 5.41 Å². The summed E-state index contributed by atoms with van der Waals surface area (Å²) in [7, 11) is 0. The molecule has 0 fully saturated rings. The van der Waals surface area contributed by atoms with Crippen molar-refractivity contribution in [3.05, 3.63) is 11.8 Å². The van der Waals surface area contributed by atoms with E-state index in [1.165, 1.54) is 6.08 Å². The third-order valence-corrected chi connectivity index (χ3v) is 1.65. The van der Waals surface area contributed by atoms with Crippen molar-refractivity contribution in [2.75, 3.05) is 13.2 Å². The van der Waals surface area contributed by atoms with Gasteiger partial charge in [0.05, 0.1) is 6.61 Å². The molecule has 1 heterocycles. The van der Waals surface area contributed by atoms with E-state index in [1.54, 1.807) is 0 Å². The van der Waals surface area contributed by atoms with Crippen molar-refractivity contribution in [3.63, 3.8) is 0 Å². The molecule has 0 aromatic rings. The van der Waals surface area contributed by atoms with E-state index in [4.69, 9.17) is 4.74 Å². The second kappa shape index (κ2) is 3.81. The second-order valence-electron chi connectivity index (χ2n) is 4.50. The highest BCUT2D eigenvalue weighted by Gasteiger charge is 2.14. The average molecular weight is 183 g/mol. The van der Waals surface area contributed by atoms with E-state index in [0.717, 1.165) is 12.2 Å². The highest BCUT2D eigenvalue weighted by molar-refractivity contribution is 5.88. The highest BCUT2D eigenvalue weighted by atomic mass is 16.5. The van der Waals surface area contributed by atoms with Gasteiger partial charge in [-0.3, -0.25) is 4.79 Å². The Kier molecular flexibility index (Phi) is 2.96. The molecule has 1 N–H and O–H groups in total. The Morgan fingerprint density at radius 3 is 2.77 bits per heavy atom. The van der Waals surface area contributed by atoms with E-state index < -0.39 is 0 Å². The van der Waals surface area contributed by atoms with Crippen LogP contribution in [0.4, 0.5) is 0 Å². The molecule has 0 saturated heterocycles. The molecule has 0 saturated carbocycles. The molecule has 0 bridgehead atoms. The average Bonchev–Trinajstić information content (AvgIpc) is 2.00. The smallest absolute Gasteiger partial charge is 0.247 e. The van der Waals surface area contributed by atoms with E-state index in [0.29, 0.717) is 13.2 Å². The fourth-order valence-corrected chi connectivity index (χ4v) is 1.00. The first-order chi connectivity index (χ1) is 5.97. The van der Waals surface area contributed by atoms with Crippen LogP contribution < -0.4 is 5.32 Å². The molecular formula is C10H17NO2. The number of nitrogens with one attached hydrogen (secondary N) is 1. The molecule has 3 heteroatoms. The zero-order valence-electron chi connectivity index (χ0n) is 8.52. The summed E-state index contributed by atoms with van der Waals surface area (Å²) in [4.78, 5) is 10.9. The van der Waals surface area contributed by atoms with Gasteiger partial charge in [-0.15, -0.1) is 0 Å². The van der Waals surface area contributed by atoms with Gasteiger partial charge in [0.25, 0.3) is 0 Å². The fraction of sp³-hybridized carbons (Fsp3) is 0.700. The fourth-order valence-electron chi connectivity index (χ4n) is 1.00. The van der Waals surface area contributed by atoms with Gasteiger partial charge in [0.15, 0.2) is 0 Å². The molecule has 3 nitrogen and oxygen atoms in total. The molecule has 0 spiro atoms. The molecule has 0 radical (unpaired) electrons. The monoisotopic (exact) mass is 183 g/mol. The van der Waals surface area contributed by atoms with Gasteiger partial charge >= 0.3 is 0 Å². The van der Waals surface area contributed by atoms with Gasteiger partial charge in [-0.25, -0.2) is 0 Å². The Morgan fingerprint density at radius 1 is 1.54 bits per heavy atom. The highest BCUT2D eigenvalue weighted by Crippen LogP contribution is 2.17. The Hall–Kier alpha value is -0.990. The maximum atomic E-state index is 10.9. The third-order valence-electron chi connectivity index (χ3n) is 1.65. The summed E-state index contributed by atoms with van der Waals surface area (Å²) in [6.45, 7) is 7.67. The van der Waals surface area contributed by atoms with Gasteiger partial charge in [-0.2, -0.15) is 0 Å². The van der Waals surface area contributed by atoms with Crippen LogP contribution in [0.5, 0.6) is 0 Å². The minimum atomic E-state index is -0.0461. The first kappa shape index (κ1) is 10.1. The van der Waals surface area contributed by atoms with Gasteiger partial charge < -0.3 is 10.1 Å². The predicted octanol–water partition coefficient (Wildman–Crippen LogP) is 1.45. The summed E-state index contributed by atoms with van der Waals surface area (Å²) in [6, 6.07) is 0. The normalized spacial score (nSPS) is 17.8. The van der Waals surface area contributed by atoms with E-state index in [9.17, 15) is 4.79 Å². The molecule has 0 atom stereocenters. The summed E-state index contributed by atoms with van der Waals surface area (Å²) in [6.07, 6.45) is 2.34. The Morgan fingerprint density at radius 2 is 2.23 bits per heavy atom. The quantitative estimate of drug-likeness (QED) is 0.703. The number of ether oxygens (including phenoxy) is 1. The summed E-state index contributed by atoms with van der Waals surface area (Å²) in [5, 5.41) is 2.71. The van der Waals surface area contributed by atoms with Crippen molar-refractivity contribution < 1.29 is 9.53 Å². The van der Waals surface area contributed by atoms with Crippen molar-refractivity contribution in [3.8, 4) is 0 Å². The van der Waals surface area contributed by atoms with Crippen LogP contribution in [0.3, 0.4) is 0 Å². The molecule has 0 aromatic heterocycles. The van der Waals surface area contributed by atoms with Crippen LogP contribution in [0, 0.1) is 5.41 Å². The molecule has 1 rings (SSSR count). The van der Waals surface area contributed by atoms with Crippen LogP contribution in [0.25, 0.3) is 0 Å². The zero-order chi connectivity index (χ0) is 9.90. The van der Waals surface area contributed by atoms with Crippen molar-refractivity contribution in [2.45, 2.75) is 27.2 Å². The van der Waals surface area contributed by atoms with Crippen LogP contribution in [-0.2, 0) is 9.53 Å². The SMILES string of the molecule is CC(C)(C)COC1=CC(=O)NCC1. The Bertz CT molecular complexity index is 226. The van der Waals surface area contributed by atoms with Gasteiger partial charge in [0.1, 0.15) is 5.76 Å². The Balaban J connectivity index is 2.41. The molecule has 1 aliphatic heterocycles. The van der Waals surface area contributed by atoms with Gasteiger partial charge in [-0.05, 0) is 5.41 Å². The van der Waals surface area contributed by atoms with Crippen LogP contribution in [0.1, 0.15) is 27.2 Å². The predicted molar refractivity (Wildman–Crippen MR) is 51.1 cm³/mol. The topological polar surface area (TPSA) is 38.3 Å². The van der Waals surface area contributed by atoms with Crippen molar-refractivity contribution >= 4 is 5.91 Å². The van der Waals surface area contributed by atoms with E-state index in [1.807, 2.05) is 0 Å².